The van der Waals surface area contributed by atoms with Crippen LogP contribution in [0.4, 0.5) is 0 Å². The van der Waals surface area contributed by atoms with E-state index in [1.54, 1.807) is 0 Å². The van der Waals surface area contributed by atoms with Gasteiger partial charge in [0.25, 0.3) is 0 Å². The number of allylic oxidation sites excluding steroid dienone is 5. The summed E-state index contributed by atoms with van der Waals surface area (Å²) in [7, 11) is 0. The lowest BCUT2D eigenvalue weighted by molar-refractivity contribution is 0.470. The van der Waals surface area contributed by atoms with Crippen LogP contribution in [0.25, 0.3) is 0 Å². The van der Waals surface area contributed by atoms with E-state index in [-0.39, 0.29) is 0 Å². The average Bonchev–Trinajstić information content (AvgIpc) is 2.26. The van der Waals surface area contributed by atoms with Crippen molar-refractivity contribution in [2.75, 3.05) is 0 Å². The molecule has 0 unspecified atom stereocenters. The van der Waals surface area contributed by atoms with E-state index in [1.807, 2.05) is 12.2 Å². The normalized spacial score (nSPS) is 22.2. The zero-order valence-corrected chi connectivity index (χ0v) is 7.43. The van der Waals surface area contributed by atoms with Gasteiger partial charge in [-0.25, -0.2) is 0 Å². The smallest absolute Gasteiger partial charge is 0.0166 e. The Balaban J connectivity index is 2.63. The zero-order valence-electron chi connectivity index (χ0n) is 7.43. The molecule has 1 aliphatic carbocycles. The molecule has 0 bridgehead atoms. The summed E-state index contributed by atoms with van der Waals surface area (Å²) in [5, 5.41) is 0. The molecule has 60 valence electrons. The van der Waals surface area contributed by atoms with Crippen molar-refractivity contribution in [3.63, 3.8) is 0 Å². The minimum atomic E-state index is 0.418. The summed E-state index contributed by atoms with van der Waals surface area (Å²) in [6, 6.07) is 0. The fraction of sp³-hybridized carbons (Fsp3) is 0.455. The molecule has 0 radical (unpaired) electrons. The second kappa shape index (κ2) is 3.08. The van der Waals surface area contributed by atoms with E-state index >= 15 is 0 Å². The summed E-state index contributed by atoms with van der Waals surface area (Å²) < 4.78 is 0. The van der Waals surface area contributed by atoms with Crippen LogP contribution in [-0.4, -0.2) is 0 Å². The van der Waals surface area contributed by atoms with E-state index in [0.717, 1.165) is 0 Å². The Morgan fingerprint density at radius 1 is 1.55 bits per heavy atom. The minimum Gasteiger partial charge on any atom is -0.0991 e. The van der Waals surface area contributed by atoms with Crippen molar-refractivity contribution in [2.24, 2.45) is 5.41 Å². The highest BCUT2D eigenvalue weighted by atomic mass is 14.3. The van der Waals surface area contributed by atoms with Gasteiger partial charge in [-0.3, -0.25) is 0 Å². The molecule has 0 amide bonds. The molecule has 0 aromatic heterocycles. The fourth-order valence-electron chi connectivity index (χ4n) is 1.44. The highest BCUT2D eigenvalue weighted by Crippen LogP contribution is 2.35. The second-order valence-corrected chi connectivity index (χ2v) is 3.80. The van der Waals surface area contributed by atoms with E-state index in [9.17, 15) is 0 Å². The van der Waals surface area contributed by atoms with E-state index < -0.39 is 0 Å². The molecule has 11 heavy (non-hydrogen) atoms. The molecule has 1 aliphatic rings. The van der Waals surface area contributed by atoms with Gasteiger partial charge in [0.05, 0.1) is 0 Å². The molecule has 0 fully saturated rings. The van der Waals surface area contributed by atoms with Crippen LogP contribution in [0.15, 0.2) is 36.5 Å². The number of hydrogen-bond acceptors (Lipinski definition) is 0. The van der Waals surface area contributed by atoms with Gasteiger partial charge < -0.3 is 0 Å². The summed E-state index contributed by atoms with van der Waals surface area (Å²) in [6.45, 7) is 8.20. The Morgan fingerprint density at radius 2 is 2.27 bits per heavy atom. The van der Waals surface area contributed by atoms with Crippen LogP contribution in [0.2, 0.25) is 0 Å². The largest absolute Gasteiger partial charge is 0.0991 e. The maximum Gasteiger partial charge on any atom is -0.0166 e. The molecular weight excluding hydrogens is 132 g/mol. The first-order valence-electron chi connectivity index (χ1n) is 4.15. The van der Waals surface area contributed by atoms with Crippen molar-refractivity contribution in [1.29, 1.82) is 0 Å². The second-order valence-electron chi connectivity index (χ2n) is 3.80. The predicted molar refractivity (Wildman–Crippen MR) is 50.4 cm³/mol. The van der Waals surface area contributed by atoms with Gasteiger partial charge in [0.1, 0.15) is 0 Å². The SMILES string of the molecule is C=C/C=C\C1=CC(C)(C)CC1. The first kappa shape index (κ1) is 8.32. The van der Waals surface area contributed by atoms with Crippen LogP contribution < -0.4 is 0 Å². The molecule has 0 aromatic rings. The van der Waals surface area contributed by atoms with Crippen LogP contribution in [0.1, 0.15) is 26.7 Å². The van der Waals surface area contributed by atoms with E-state index in [0.29, 0.717) is 5.41 Å². The molecule has 1 rings (SSSR count). The summed E-state index contributed by atoms with van der Waals surface area (Å²) in [6.07, 6.45) is 10.8. The number of hydrogen-bond donors (Lipinski definition) is 0. The third-order valence-electron chi connectivity index (χ3n) is 2.08. The summed E-state index contributed by atoms with van der Waals surface area (Å²) in [5.41, 5.74) is 1.87. The monoisotopic (exact) mass is 148 g/mol. The van der Waals surface area contributed by atoms with Gasteiger partial charge >= 0.3 is 0 Å². The van der Waals surface area contributed by atoms with Gasteiger partial charge in [0.2, 0.25) is 0 Å². The van der Waals surface area contributed by atoms with Crippen molar-refractivity contribution >= 4 is 0 Å². The molecule has 0 heteroatoms. The molecule has 0 N–H and O–H groups in total. The molecule has 0 nitrogen and oxygen atoms in total. The summed E-state index contributed by atoms with van der Waals surface area (Å²) in [4.78, 5) is 0. The van der Waals surface area contributed by atoms with Crippen molar-refractivity contribution < 1.29 is 0 Å². The van der Waals surface area contributed by atoms with Crippen LogP contribution in [-0.2, 0) is 0 Å². The number of rotatable bonds is 2. The highest BCUT2D eigenvalue weighted by molar-refractivity contribution is 5.27. The first-order valence-corrected chi connectivity index (χ1v) is 4.15. The predicted octanol–water partition coefficient (Wildman–Crippen LogP) is 3.48. The summed E-state index contributed by atoms with van der Waals surface area (Å²) >= 11 is 0. The van der Waals surface area contributed by atoms with Gasteiger partial charge in [0.15, 0.2) is 0 Å². The van der Waals surface area contributed by atoms with Crippen LogP contribution in [0.5, 0.6) is 0 Å². The van der Waals surface area contributed by atoms with Crippen LogP contribution in [0.3, 0.4) is 0 Å². The topological polar surface area (TPSA) is 0 Å². The Kier molecular flexibility index (Phi) is 2.33. The molecule has 0 aromatic carbocycles. The maximum atomic E-state index is 3.64. The highest BCUT2D eigenvalue weighted by Gasteiger charge is 2.20. The lowest BCUT2D eigenvalue weighted by Gasteiger charge is -2.11. The molecular formula is C11H16. The van der Waals surface area contributed by atoms with Crippen LogP contribution in [0, 0.1) is 5.41 Å². The summed E-state index contributed by atoms with van der Waals surface area (Å²) in [5.74, 6) is 0. The Hall–Kier alpha value is -0.780. The van der Waals surface area contributed by atoms with Gasteiger partial charge in [-0.2, -0.15) is 0 Å². The Morgan fingerprint density at radius 3 is 2.73 bits per heavy atom. The zero-order chi connectivity index (χ0) is 8.32. The third kappa shape index (κ3) is 2.38. The van der Waals surface area contributed by atoms with Crippen LogP contribution >= 0.6 is 0 Å². The standard InChI is InChI=1S/C11H16/c1-4-5-6-10-7-8-11(2,3)9-10/h4-6,9H,1,7-8H2,2-3H3/b6-5-. The lowest BCUT2D eigenvalue weighted by Crippen LogP contribution is -2.00. The van der Waals surface area contributed by atoms with E-state index in [2.05, 4.69) is 32.6 Å². The molecule has 0 saturated carbocycles. The third-order valence-corrected chi connectivity index (χ3v) is 2.08. The van der Waals surface area contributed by atoms with Crippen molar-refractivity contribution in [1.82, 2.24) is 0 Å². The molecule has 0 atom stereocenters. The van der Waals surface area contributed by atoms with Gasteiger partial charge in [-0.05, 0) is 18.3 Å². The molecule has 0 aliphatic heterocycles. The molecule has 0 spiro atoms. The maximum absolute atomic E-state index is 3.64. The average molecular weight is 148 g/mol. The van der Waals surface area contributed by atoms with E-state index in [1.165, 1.54) is 18.4 Å². The van der Waals surface area contributed by atoms with Gasteiger partial charge in [0, 0.05) is 0 Å². The lowest BCUT2D eigenvalue weighted by atomic mass is 9.94. The van der Waals surface area contributed by atoms with E-state index in [4.69, 9.17) is 0 Å². The quantitative estimate of drug-likeness (QED) is 0.526. The van der Waals surface area contributed by atoms with Crippen molar-refractivity contribution in [2.45, 2.75) is 26.7 Å². The molecule has 0 heterocycles. The Labute approximate surface area is 69.3 Å². The minimum absolute atomic E-state index is 0.418. The Bertz CT molecular complexity index is 204. The van der Waals surface area contributed by atoms with Crippen molar-refractivity contribution in [3.05, 3.63) is 36.5 Å². The molecule has 0 saturated heterocycles. The van der Waals surface area contributed by atoms with Gasteiger partial charge in [-0.15, -0.1) is 0 Å². The van der Waals surface area contributed by atoms with Gasteiger partial charge in [-0.1, -0.05) is 50.3 Å². The first-order chi connectivity index (χ1) is 5.14. The van der Waals surface area contributed by atoms with Crippen molar-refractivity contribution in [3.8, 4) is 0 Å². The fourth-order valence-corrected chi connectivity index (χ4v) is 1.44.